The van der Waals surface area contributed by atoms with Crippen LogP contribution in [0.1, 0.15) is 17.5 Å². The van der Waals surface area contributed by atoms with Gasteiger partial charge in [-0.3, -0.25) is 9.59 Å². The third kappa shape index (κ3) is 3.68. The highest BCUT2D eigenvalue weighted by Crippen LogP contribution is 2.30. The van der Waals surface area contributed by atoms with E-state index in [-0.39, 0.29) is 24.2 Å². The molecule has 6 heteroatoms. The Hall–Kier alpha value is -2.99. The van der Waals surface area contributed by atoms with Gasteiger partial charge in [-0.25, -0.2) is 4.98 Å². The first-order chi connectivity index (χ1) is 13.5. The predicted molar refractivity (Wildman–Crippen MR) is 113 cm³/mol. The number of hydrogen-bond acceptors (Lipinski definition) is 4. The number of thiazole rings is 1. The second-order valence-electron chi connectivity index (χ2n) is 7.09. The van der Waals surface area contributed by atoms with Gasteiger partial charge in [-0.1, -0.05) is 48.0 Å². The van der Waals surface area contributed by atoms with E-state index >= 15 is 0 Å². The van der Waals surface area contributed by atoms with Crippen molar-refractivity contribution in [2.24, 2.45) is 5.92 Å². The Labute approximate surface area is 168 Å². The number of aryl methyl sites for hydroxylation is 2. The summed E-state index contributed by atoms with van der Waals surface area (Å²) < 4.78 is 0. The van der Waals surface area contributed by atoms with Gasteiger partial charge in [-0.15, -0.1) is 11.3 Å². The second kappa shape index (κ2) is 7.56. The summed E-state index contributed by atoms with van der Waals surface area (Å²) in [4.78, 5) is 31.4. The Kier molecular flexibility index (Phi) is 4.96. The Morgan fingerprint density at radius 3 is 2.71 bits per heavy atom. The zero-order chi connectivity index (χ0) is 19.7. The number of carbonyl (C=O) groups is 2. The van der Waals surface area contributed by atoms with Crippen LogP contribution in [0, 0.1) is 19.8 Å². The molecule has 4 rings (SSSR count). The van der Waals surface area contributed by atoms with Gasteiger partial charge in [0.1, 0.15) is 0 Å². The van der Waals surface area contributed by atoms with E-state index in [0.717, 1.165) is 28.1 Å². The molecule has 1 N–H and O–H groups in total. The fourth-order valence-corrected chi connectivity index (χ4v) is 4.23. The molecule has 3 aromatic rings. The quantitative estimate of drug-likeness (QED) is 0.716. The van der Waals surface area contributed by atoms with Gasteiger partial charge >= 0.3 is 0 Å². The summed E-state index contributed by atoms with van der Waals surface area (Å²) in [5, 5.41) is 5.36. The van der Waals surface area contributed by atoms with Crippen LogP contribution in [0.15, 0.2) is 53.9 Å². The van der Waals surface area contributed by atoms with Crippen molar-refractivity contribution >= 4 is 34.0 Å². The topological polar surface area (TPSA) is 62.3 Å². The maximum Gasteiger partial charge on any atom is 0.231 e. The largest absolute Gasteiger partial charge is 0.311 e. The average molecular weight is 391 g/mol. The Morgan fingerprint density at radius 2 is 1.96 bits per heavy atom. The molecule has 28 heavy (non-hydrogen) atoms. The molecule has 142 valence electrons. The highest BCUT2D eigenvalue weighted by molar-refractivity contribution is 7.14. The molecule has 0 spiro atoms. The molecule has 0 aliphatic carbocycles. The van der Waals surface area contributed by atoms with Crippen LogP contribution in [0.2, 0.25) is 0 Å². The lowest BCUT2D eigenvalue weighted by molar-refractivity contribution is -0.122. The van der Waals surface area contributed by atoms with Gasteiger partial charge in [-0.2, -0.15) is 0 Å². The van der Waals surface area contributed by atoms with E-state index in [1.165, 1.54) is 11.3 Å². The van der Waals surface area contributed by atoms with E-state index in [1.54, 1.807) is 4.90 Å². The molecule has 0 saturated carbocycles. The molecule has 1 aromatic heterocycles. The number of carbonyl (C=O) groups excluding carboxylic acids is 2. The van der Waals surface area contributed by atoms with Gasteiger partial charge in [-0.05, 0) is 25.5 Å². The molecular weight excluding hydrogens is 370 g/mol. The number of benzene rings is 2. The highest BCUT2D eigenvalue weighted by atomic mass is 32.1. The van der Waals surface area contributed by atoms with Crippen molar-refractivity contribution in [1.29, 1.82) is 0 Å². The van der Waals surface area contributed by atoms with Crippen molar-refractivity contribution in [3.8, 4) is 11.3 Å². The smallest absolute Gasteiger partial charge is 0.231 e. The summed E-state index contributed by atoms with van der Waals surface area (Å²) in [5.41, 5.74) is 4.92. The number of amides is 2. The molecule has 0 bridgehead atoms. The van der Waals surface area contributed by atoms with E-state index in [0.29, 0.717) is 11.7 Å². The van der Waals surface area contributed by atoms with E-state index in [2.05, 4.69) is 16.4 Å². The first-order valence-electron chi connectivity index (χ1n) is 9.20. The van der Waals surface area contributed by atoms with E-state index in [1.807, 2.05) is 61.7 Å². The summed E-state index contributed by atoms with van der Waals surface area (Å²) in [6.45, 7) is 4.41. The van der Waals surface area contributed by atoms with Gasteiger partial charge in [0.15, 0.2) is 5.13 Å². The number of nitrogens with one attached hydrogen (secondary N) is 1. The molecule has 1 atom stereocenters. The van der Waals surface area contributed by atoms with Crippen LogP contribution in [0.3, 0.4) is 0 Å². The van der Waals surface area contributed by atoms with Gasteiger partial charge in [0.25, 0.3) is 0 Å². The molecule has 1 fully saturated rings. The highest BCUT2D eigenvalue weighted by Gasteiger charge is 2.36. The Morgan fingerprint density at radius 1 is 1.18 bits per heavy atom. The third-order valence-corrected chi connectivity index (χ3v) is 5.70. The lowest BCUT2D eigenvalue weighted by atomic mass is 10.1. The Balaban J connectivity index is 1.45. The Bertz CT molecular complexity index is 1030. The summed E-state index contributed by atoms with van der Waals surface area (Å²) >= 11 is 1.39. The monoisotopic (exact) mass is 391 g/mol. The van der Waals surface area contributed by atoms with Crippen molar-refractivity contribution in [3.63, 3.8) is 0 Å². The summed E-state index contributed by atoms with van der Waals surface area (Å²) in [5.74, 6) is -0.553. The maximum atomic E-state index is 12.7. The minimum atomic E-state index is -0.378. The van der Waals surface area contributed by atoms with Crippen molar-refractivity contribution in [2.75, 3.05) is 16.8 Å². The van der Waals surface area contributed by atoms with Crippen molar-refractivity contribution < 1.29 is 9.59 Å². The first-order valence-corrected chi connectivity index (χ1v) is 10.1. The van der Waals surface area contributed by atoms with Gasteiger partial charge < -0.3 is 10.2 Å². The molecule has 5 nitrogen and oxygen atoms in total. The van der Waals surface area contributed by atoms with Crippen LogP contribution in [-0.4, -0.2) is 23.3 Å². The van der Waals surface area contributed by atoms with Crippen molar-refractivity contribution in [3.05, 3.63) is 65.0 Å². The molecule has 1 aliphatic rings. The second-order valence-corrected chi connectivity index (χ2v) is 7.95. The lowest BCUT2D eigenvalue weighted by Crippen LogP contribution is -2.28. The number of anilines is 2. The molecule has 2 aromatic carbocycles. The molecule has 2 heterocycles. The SMILES string of the molecule is Cc1ccc(N2CC(C(=O)Nc3nc(-c4ccccc4)cs3)CC2=O)c(C)c1. The van der Waals surface area contributed by atoms with Crippen LogP contribution >= 0.6 is 11.3 Å². The number of nitrogens with zero attached hydrogens (tertiary/aromatic N) is 2. The lowest BCUT2D eigenvalue weighted by Gasteiger charge is -2.19. The van der Waals surface area contributed by atoms with E-state index in [9.17, 15) is 9.59 Å². The predicted octanol–water partition coefficient (Wildman–Crippen LogP) is 4.42. The normalized spacial score (nSPS) is 16.4. The van der Waals surface area contributed by atoms with Crippen molar-refractivity contribution in [2.45, 2.75) is 20.3 Å². The van der Waals surface area contributed by atoms with Crippen molar-refractivity contribution in [1.82, 2.24) is 4.98 Å². The third-order valence-electron chi connectivity index (χ3n) is 4.94. The maximum absolute atomic E-state index is 12.7. The molecule has 1 unspecified atom stereocenters. The molecule has 1 aliphatic heterocycles. The van der Waals surface area contributed by atoms with Gasteiger partial charge in [0.2, 0.25) is 11.8 Å². The first kappa shape index (κ1) is 18.4. The summed E-state index contributed by atoms with van der Waals surface area (Å²) in [7, 11) is 0. The minimum Gasteiger partial charge on any atom is -0.311 e. The standard InChI is InChI=1S/C22H21N3O2S/c1-14-8-9-19(15(2)10-14)25-12-17(11-20(25)26)21(27)24-22-23-18(13-28-22)16-6-4-3-5-7-16/h3-10,13,17H,11-12H2,1-2H3,(H,23,24,27). The summed E-state index contributed by atoms with van der Waals surface area (Å²) in [6, 6.07) is 15.8. The van der Waals surface area contributed by atoms with E-state index < -0.39 is 0 Å². The average Bonchev–Trinajstić information content (AvgIpc) is 3.29. The van der Waals surface area contributed by atoms with Crippen LogP contribution in [0.25, 0.3) is 11.3 Å². The molecule has 1 saturated heterocycles. The summed E-state index contributed by atoms with van der Waals surface area (Å²) in [6.07, 6.45) is 0.218. The fourth-order valence-electron chi connectivity index (χ4n) is 3.50. The minimum absolute atomic E-state index is 0.0174. The van der Waals surface area contributed by atoms with Crippen LogP contribution < -0.4 is 10.2 Å². The van der Waals surface area contributed by atoms with Crippen LogP contribution in [-0.2, 0) is 9.59 Å². The van der Waals surface area contributed by atoms with Gasteiger partial charge in [0, 0.05) is 29.6 Å². The van der Waals surface area contributed by atoms with Crippen LogP contribution in [0.4, 0.5) is 10.8 Å². The number of aromatic nitrogens is 1. The van der Waals surface area contributed by atoms with E-state index in [4.69, 9.17) is 0 Å². The molecular formula is C22H21N3O2S. The molecule has 2 amide bonds. The fraction of sp³-hybridized carbons (Fsp3) is 0.227. The van der Waals surface area contributed by atoms with Crippen LogP contribution in [0.5, 0.6) is 0 Å². The number of rotatable bonds is 4. The number of hydrogen-bond donors (Lipinski definition) is 1. The van der Waals surface area contributed by atoms with Gasteiger partial charge in [0.05, 0.1) is 11.6 Å². The molecule has 0 radical (unpaired) electrons. The zero-order valence-electron chi connectivity index (χ0n) is 15.8. The zero-order valence-corrected chi connectivity index (χ0v) is 16.6.